The van der Waals surface area contributed by atoms with Crippen molar-refractivity contribution in [2.75, 3.05) is 6.61 Å². The van der Waals surface area contributed by atoms with Crippen LogP contribution in [0, 0.1) is 6.92 Å². The van der Waals surface area contributed by atoms with E-state index in [1.807, 2.05) is 0 Å². The Hall–Kier alpha value is -0.900. The van der Waals surface area contributed by atoms with Crippen LogP contribution in [0.25, 0.3) is 0 Å². The lowest BCUT2D eigenvalue weighted by Crippen LogP contribution is -2.28. The van der Waals surface area contributed by atoms with Crippen LogP contribution >= 0.6 is 0 Å². The monoisotopic (exact) mass is 221 g/mol. The fraction of sp³-hybridized carbons (Fsp3) is 0.538. The van der Waals surface area contributed by atoms with E-state index in [9.17, 15) is 5.11 Å². The lowest BCUT2D eigenvalue weighted by atomic mass is 10.1. The van der Waals surface area contributed by atoms with Crippen LogP contribution in [0.5, 0.6) is 0 Å². The largest absolute Gasteiger partial charge is 0.391 e. The van der Waals surface area contributed by atoms with Crippen LogP contribution in [0.15, 0.2) is 18.2 Å². The highest BCUT2D eigenvalue weighted by Crippen LogP contribution is 2.32. The van der Waals surface area contributed by atoms with Gasteiger partial charge < -0.3 is 15.6 Å². The van der Waals surface area contributed by atoms with Gasteiger partial charge in [0.05, 0.1) is 24.9 Å². The van der Waals surface area contributed by atoms with Crippen molar-refractivity contribution in [3.05, 3.63) is 34.9 Å². The number of fused-ring (bicyclic) bond motifs is 1. The molecular weight excluding hydrogens is 202 g/mol. The van der Waals surface area contributed by atoms with E-state index < -0.39 is 6.10 Å². The Balaban J connectivity index is 2.08. The second kappa shape index (κ2) is 4.53. The molecule has 0 aromatic heterocycles. The third kappa shape index (κ3) is 2.26. The summed E-state index contributed by atoms with van der Waals surface area (Å²) in [6.45, 7) is 4.15. The standard InChI is InChI=1S/C13H19NO2/c1-8-3-4-11-10(5-8)6-12(13(11)14)16-7-9(2)15/h3-5,9,12-13,15H,6-7,14H2,1-2H3/t9-,12-,13+/m0/s1. The molecule has 1 aliphatic rings. The van der Waals surface area contributed by atoms with Gasteiger partial charge in [0.25, 0.3) is 0 Å². The van der Waals surface area contributed by atoms with Crippen LogP contribution in [0.2, 0.25) is 0 Å². The van der Waals surface area contributed by atoms with Gasteiger partial charge in [0.1, 0.15) is 0 Å². The highest BCUT2D eigenvalue weighted by atomic mass is 16.5. The molecule has 16 heavy (non-hydrogen) atoms. The Labute approximate surface area is 96.2 Å². The summed E-state index contributed by atoms with van der Waals surface area (Å²) in [5, 5.41) is 9.19. The van der Waals surface area contributed by atoms with Crippen molar-refractivity contribution in [1.82, 2.24) is 0 Å². The van der Waals surface area contributed by atoms with Gasteiger partial charge in [-0.1, -0.05) is 23.8 Å². The highest BCUT2D eigenvalue weighted by molar-refractivity contribution is 5.39. The Morgan fingerprint density at radius 1 is 1.56 bits per heavy atom. The number of hydrogen-bond donors (Lipinski definition) is 2. The smallest absolute Gasteiger partial charge is 0.0809 e. The molecule has 0 unspecified atom stereocenters. The van der Waals surface area contributed by atoms with E-state index in [4.69, 9.17) is 10.5 Å². The zero-order chi connectivity index (χ0) is 11.7. The van der Waals surface area contributed by atoms with Crippen LogP contribution in [-0.2, 0) is 11.2 Å². The minimum atomic E-state index is -0.433. The van der Waals surface area contributed by atoms with Crippen molar-refractivity contribution in [3.63, 3.8) is 0 Å². The number of aryl methyl sites for hydroxylation is 1. The third-order valence-electron chi connectivity index (χ3n) is 3.03. The molecular formula is C13H19NO2. The first-order valence-corrected chi connectivity index (χ1v) is 5.72. The summed E-state index contributed by atoms with van der Waals surface area (Å²) >= 11 is 0. The number of nitrogens with two attached hydrogens (primary N) is 1. The SMILES string of the molecule is Cc1ccc2c(c1)C[C@H](OC[C@H](C)O)[C@@H]2N. The lowest BCUT2D eigenvalue weighted by Gasteiger charge is -2.17. The van der Waals surface area contributed by atoms with Crippen molar-refractivity contribution in [2.24, 2.45) is 5.73 Å². The maximum absolute atomic E-state index is 9.19. The first-order valence-electron chi connectivity index (χ1n) is 5.72. The van der Waals surface area contributed by atoms with Crippen molar-refractivity contribution in [1.29, 1.82) is 0 Å². The molecule has 0 saturated heterocycles. The second-order valence-corrected chi connectivity index (χ2v) is 4.65. The molecule has 0 fully saturated rings. The zero-order valence-corrected chi connectivity index (χ0v) is 9.81. The van der Waals surface area contributed by atoms with E-state index in [-0.39, 0.29) is 12.1 Å². The topological polar surface area (TPSA) is 55.5 Å². The first kappa shape index (κ1) is 11.6. The minimum absolute atomic E-state index is 0.00593. The van der Waals surface area contributed by atoms with Crippen molar-refractivity contribution >= 4 is 0 Å². The van der Waals surface area contributed by atoms with Gasteiger partial charge in [0.2, 0.25) is 0 Å². The molecule has 0 spiro atoms. The summed E-state index contributed by atoms with van der Waals surface area (Å²) in [5.74, 6) is 0. The van der Waals surface area contributed by atoms with Gasteiger partial charge in [-0.25, -0.2) is 0 Å². The highest BCUT2D eigenvalue weighted by Gasteiger charge is 2.30. The van der Waals surface area contributed by atoms with E-state index in [1.165, 1.54) is 16.7 Å². The number of aliphatic hydroxyl groups is 1. The van der Waals surface area contributed by atoms with Gasteiger partial charge in [-0.2, -0.15) is 0 Å². The number of benzene rings is 1. The maximum atomic E-state index is 9.19. The van der Waals surface area contributed by atoms with Gasteiger partial charge >= 0.3 is 0 Å². The fourth-order valence-electron chi connectivity index (χ4n) is 2.21. The molecule has 3 atom stereocenters. The van der Waals surface area contributed by atoms with Gasteiger partial charge in [-0.05, 0) is 25.0 Å². The predicted molar refractivity (Wildman–Crippen MR) is 63.2 cm³/mol. The molecule has 3 heteroatoms. The molecule has 1 aliphatic carbocycles. The van der Waals surface area contributed by atoms with E-state index in [0.717, 1.165) is 6.42 Å². The molecule has 0 bridgehead atoms. The number of aliphatic hydroxyl groups excluding tert-OH is 1. The van der Waals surface area contributed by atoms with Crippen LogP contribution in [0.3, 0.4) is 0 Å². The molecule has 0 radical (unpaired) electrons. The average molecular weight is 221 g/mol. The van der Waals surface area contributed by atoms with Crippen LogP contribution in [0.1, 0.15) is 29.7 Å². The third-order valence-corrected chi connectivity index (χ3v) is 3.03. The first-order chi connectivity index (χ1) is 7.58. The van der Waals surface area contributed by atoms with Gasteiger partial charge in [-0.3, -0.25) is 0 Å². The van der Waals surface area contributed by atoms with E-state index in [1.54, 1.807) is 6.92 Å². The van der Waals surface area contributed by atoms with Crippen molar-refractivity contribution < 1.29 is 9.84 Å². The summed E-state index contributed by atoms with van der Waals surface area (Å²) in [4.78, 5) is 0. The zero-order valence-electron chi connectivity index (χ0n) is 9.81. The van der Waals surface area contributed by atoms with Gasteiger partial charge in [0, 0.05) is 6.42 Å². The molecule has 0 saturated carbocycles. The summed E-state index contributed by atoms with van der Waals surface area (Å²) in [5.41, 5.74) is 9.83. The van der Waals surface area contributed by atoms with E-state index in [2.05, 4.69) is 25.1 Å². The summed E-state index contributed by atoms with van der Waals surface area (Å²) in [6, 6.07) is 6.27. The van der Waals surface area contributed by atoms with Gasteiger partial charge in [0.15, 0.2) is 0 Å². The number of ether oxygens (including phenoxy) is 1. The maximum Gasteiger partial charge on any atom is 0.0809 e. The van der Waals surface area contributed by atoms with Gasteiger partial charge in [-0.15, -0.1) is 0 Å². The quantitative estimate of drug-likeness (QED) is 0.809. The summed E-state index contributed by atoms with van der Waals surface area (Å²) in [6.07, 6.45) is 0.425. The average Bonchev–Trinajstić information content (AvgIpc) is 2.52. The number of hydrogen-bond acceptors (Lipinski definition) is 3. The minimum Gasteiger partial charge on any atom is -0.391 e. The molecule has 1 aromatic rings. The normalized spacial score (nSPS) is 25.5. The summed E-state index contributed by atoms with van der Waals surface area (Å²) < 4.78 is 5.62. The van der Waals surface area contributed by atoms with Crippen LogP contribution < -0.4 is 5.73 Å². The molecule has 0 heterocycles. The number of rotatable bonds is 3. The molecule has 1 aromatic carbocycles. The van der Waals surface area contributed by atoms with Crippen molar-refractivity contribution in [3.8, 4) is 0 Å². The molecule has 3 N–H and O–H groups in total. The van der Waals surface area contributed by atoms with Crippen LogP contribution in [0.4, 0.5) is 0 Å². The molecule has 3 nitrogen and oxygen atoms in total. The second-order valence-electron chi connectivity index (χ2n) is 4.65. The molecule has 0 amide bonds. The molecule has 2 rings (SSSR count). The lowest BCUT2D eigenvalue weighted by molar-refractivity contribution is -0.00852. The summed E-state index contributed by atoms with van der Waals surface area (Å²) in [7, 11) is 0. The molecule has 0 aliphatic heterocycles. The Morgan fingerprint density at radius 3 is 3.00 bits per heavy atom. The molecule has 88 valence electrons. The van der Waals surface area contributed by atoms with E-state index >= 15 is 0 Å². The van der Waals surface area contributed by atoms with E-state index in [0.29, 0.717) is 6.61 Å². The van der Waals surface area contributed by atoms with Crippen molar-refractivity contribution in [2.45, 2.75) is 38.5 Å². The fourth-order valence-corrected chi connectivity index (χ4v) is 2.21. The van der Waals surface area contributed by atoms with Crippen LogP contribution in [-0.4, -0.2) is 23.9 Å². The Morgan fingerprint density at radius 2 is 2.31 bits per heavy atom. The Kier molecular flexibility index (Phi) is 3.28. The Bertz CT molecular complexity index is 376. The predicted octanol–water partition coefficient (Wildman–Crippen LogP) is 1.32.